The monoisotopic (exact) mass is 332 g/mol. The molecule has 1 fully saturated rings. The van der Waals surface area contributed by atoms with Crippen molar-refractivity contribution in [3.05, 3.63) is 35.4 Å². The minimum atomic E-state index is -0.809. The van der Waals surface area contributed by atoms with E-state index in [1.165, 1.54) is 5.56 Å². The fourth-order valence-electron chi connectivity index (χ4n) is 3.19. The van der Waals surface area contributed by atoms with Crippen molar-refractivity contribution in [3.8, 4) is 0 Å². The van der Waals surface area contributed by atoms with E-state index in [1.54, 1.807) is 4.90 Å². The van der Waals surface area contributed by atoms with Crippen LogP contribution in [0.25, 0.3) is 0 Å². The Bertz CT molecular complexity index is 568. The van der Waals surface area contributed by atoms with Crippen molar-refractivity contribution < 1.29 is 14.7 Å². The number of aliphatic carboxylic acids is 1. The van der Waals surface area contributed by atoms with Crippen molar-refractivity contribution in [2.75, 3.05) is 19.6 Å². The van der Waals surface area contributed by atoms with E-state index < -0.39 is 11.9 Å². The molecule has 0 bridgehead atoms. The summed E-state index contributed by atoms with van der Waals surface area (Å²) in [5.74, 6) is -1.31. The highest BCUT2D eigenvalue weighted by atomic mass is 16.4. The molecule has 1 saturated heterocycles. The quantitative estimate of drug-likeness (QED) is 0.870. The molecule has 1 aromatic carbocycles. The van der Waals surface area contributed by atoms with Gasteiger partial charge in [-0.05, 0) is 50.9 Å². The zero-order chi connectivity index (χ0) is 17.7. The summed E-state index contributed by atoms with van der Waals surface area (Å²) < 4.78 is 0. The van der Waals surface area contributed by atoms with Gasteiger partial charge in [0.25, 0.3) is 5.91 Å². The van der Waals surface area contributed by atoms with Crippen LogP contribution in [0.2, 0.25) is 0 Å². The van der Waals surface area contributed by atoms with Crippen LogP contribution in [0, 0.1) is 5.92 Å². The number of rotatable bonds is 6. The lowest BCUT2D eigenvalue weighted by atomic mass is 9.97. The third-order valence-electron chi connectivity index (χ3n) is 4.78. The van der Waals surface area contributed by atoms with Crippen molar-refractivity contribution in [1.82, 2.24) is 9.80 Å². The van der Waals surface area contributed by atoms with Gasteiger partial charge < -0.3 is 10.0 Å². The summed E-state index contributed by atoms with van der Waals surface area (Å²) in [6.45, 7) is 9.31. The molecule has 0 aliphatic carbocycles. The van der Waals surface area contributed by atoms with Crippen LogP contribution in [-0.4, -0.2) is 52.5 Å². The highest BCUT2D eigenvalue weighted by Crippen LogP contribution is 2.19. The predicted octanol–water partition coefficient (Wildman–Crippen LogP) is 2.85. The number of hydrogen-bond donors (Lipinski definition) is 1. The SMILES string of the molecule is CCN(Cc1ccc(C(=O)N2CCCC(C(=O)O)C2)cc1)C(C)C. The maximum Gasteiger partial charge on any atom is 0.308 e. The van der Waals surface area contributed by atoms with Gasteiger partial charge in [0.05, 0.1) is 5.92 Å². The molecule has 1 aromatic rings. The first kappa shape index (κ1) is 18.5. The summed E-state index contributed by atoms with van der Waals surface area (Å²) in [5.41, 5.74) is 1.82. The molecule has 1 heterocycles. The first-order chi connectivity index (χ1) is 11.4. The Morgan fingerprint density at radius 3 is 2.50 bits per heavy atom. The van der Waals surface area contributed by atoms with E-state index in [0.717, 1.165) is 19.5 Å². The molecule has 5 nitrogen and oxygen atoms in total. The number of nitrogens with zero attached hydrogens (tertiary/aromatic N) is 2. The third kappa shape index (κ3) is 4.57. The largest absolute Gasteiger partial charge is 0.481 e. The zero-order valence-corrected chi connectivity index (χ0v) is 14.9. The molecule has 0 saturated carbocycles. The normalized spacial score (nSPS) is 18.2. The maximum atomic E-state index is 12.6. The van der Waals surface area contributed by atoms with Gasteiger partial charge >= 0.3 is 5.97 Å². The van der Waals surface area contributed by atoms with Crippen LogP contribution in [0.1, 0.15) is 49.5 Å². The van der Waals surface area contributed by atoms with E-state index in [4.69, 9.17) is 5.11 Å². The number of amides is 1. The van der Waals surface area contributed by atoms with Crippen molar-refractivity contribution in [2.45, 2.75) is 46.2 Å². The Balaban J connectivity index is 2.02. The van der Waals surface area contributed by atoms with Crippen LogP contribution in [0.3, 0.4) is 0 Å². The lowest BCUT2D eigenvalue weighted by Crippen LogP contribution is -2.42. The average Bonchev–Trinajstić information content (AvgIpc) is 2.59. The third-order valence-corrected chi connectivity index (χ3v) is 4.78. The van der Waals surface area contributed by atoms with Crippen molar-refractivity contribution in [3.63, 3.8) is 0 Å². The fraction of sp³-hybridized carbons (Fsp3) is 0.579. The zero-order valence-electron chi connectivity index (χ0n) is 14.9. The van der Waals surface area contributed by atoms with E-state index in [1.807, 2.05) is 24.3 Å². The van der Waals surface area contributed by atoms with E-state index in [2.05, 4.69) is 25.7 Å². The molecule has 1 amide bonds. The number of piperidine rings is 1. The van der Waals surface area contributed by atoms with Gasteiger partial charge in [0, 0.05) is 31.2 Å². The number of carbonyl (C=O) groups is 2. The maximum absolute atomic E-state index is 12.6. The van der Waals surface area contributed by atoms with E-state index in [0.29, 0.717) is 31.1 Å². The van der Waals surface area contributed by atoms with E-state index in [9.17, 15) is 9.59 Å². The molecule has 1 aliphatic rings. The molecule has 1 atom stereocenters. The van der Waals surface area contributed by atoms with Gasteiger partial charge in [-0.2, -0.15) is 0 Å². The highest BCUT2D eigenvalue weighted by molar-refractivity contribution is 5.94. The second-order valence-corrected chi connectivity index (χ2v) is 6.78. The van der Waals surface area contributed by atoms with Crippen molar-refractivity contribution in [1.29, 1.82) is 0 Å². The summed E-state index contributed by atoms with van der Waals surface area (Å²) in [4.78, 5) is 27.8. The Morgan fingerprint density at radius 2 is 1.96 bits per heavy atom. The highest BCUT2D eigenvalue weighted by Gasteiger charge is 2.28. The van der Waals surface area contributed by atoms with Crippen molar-refractivity contribution >= 4 is 11.9 Å². The minimum absolute atomic E-state index is 0.0660. The van der Waals surface area contributed by atoms with Gasteiger partial charge in [0.15, 0.2) is 0 Å². The Kier molecular flexibility index (Phi) is 6.37. The number of likely N-dealkylation sites (tertiary alicyclic amines) is 1. The first-order valence-corrected chi connectivity index (χ1v) is 8.77. The number of benzene rings is 1. The Morgan fingerprint density at radius 1 is 1.29 bits per heavy atom. The molecule has 0 aromatic heterocycles. The van der Waals surface area contributed by atoms with Crippen LogP contribution in [-0.2, 0) is 11.3 Å². The van der Waals surface area contributed by atoms with Crippen molar-refractivity contribution in [2.24, 2.45) is 5.92 Å². The number of carbonyl (C=O) groups excluding carboxylic acids is 1. The summed E-state index contributed by atoms with van der Waals surface area (Å²) in [7, 11) is 0. The van der Waals surface area contributed by atoms with Crippen LogP contribution >= 0.6 is 0 Å². The smallest absolute Gasteiger partial charge is 0.308 e. The molecule has 1 unspecified atom stereocenters. The molecule has 0 radical (unpaired) electrons. The lowest BCUT2D eigenvalue weighted by molar-refractivity contribution is -0.143. The lowest BCUT2D eigenvalue weighted by Gasteiger charge is -2.30. The molecule has 24 heavy (non-hydrogen) atoms. The van der Waals surface area contributed by atoms with Crippen LogP contribution in [0.4, 0.5) is 0 Å². The molecule has 1 N–H and O–H groups in total. The summed E-state index contributed by atoms with van der Waals surface area (Å²) in [6, 6.07) is 8.19. The molecule has 1 aliphatic heterocycles. The van der Waals surface area contributed by atoms with Gasteiger partial charge in [-0.1, -0.05) is 19.1 Å². The minimum Gasteiger partial charge on any atom is -0.481 e. The number of carboxylic acid groups (broad SMARTS) is 1. The number of carboxylic acids is 1. The topological polar surface area (TPSA) is 60.9 Å². The van der Waals surface area contributed by atoms with Gasteiger partial charge in [-0.15, -0.1) is 0 Å². The van der Waals surface area contributed by atoms with Crippen LogP contribution in [0.15, 0.2) is 24.3 Å². The summed E-state index contributed by atoms with van der Waals surface area (Å²) in [5, 5.41) is 9.15. The van der Waals surface area contributed by atoms with E-state index in [-0.39, 0.29) is 5.91 Å². The second-order valence-electron chi connectivity index (χ2n) is 6.78. The molecule has 132 valence electrons. The van der Waals surface area contributed by atoms with Gasteiger partial charge in [-0.3, -0.25) is 14.5 Å². The fourth-order valence-corrected chi connectivity index (χ4v) is 3.19. The standard InChI is InChI=1S/C19H28N2O3/c1-4-20(14(2)3)12-15-7-9-16(10-8-15)18(22)21-11-5-6-17(13-21)19(23)24/h7-10,14,17H,4-6,11-13H2,1-3H3,(H,23,24). The molecular formula is C19H28N2O3. The molecular weight excluding hydrogens is 304 g/mol. The first-order valence-electron chi connectivity index (χ1n) is 8.77. The van der Waals surface area contributed by atoms with E-state index >= 15 is 0 Å². The Hall–Kier alpha value is -1.88. The molecule has 5 heteroatoms. The van der Waals surface area contributed by atoms with Gasteiger partial charge in [0.2, 0.25) is 0 Å². The van der Waals surface area contributed by atoms with Gasteiger partial charge in [0.1, 0.15) is 0 Å². The molecule has 0 spiro atoms. The molecule has 2 rings (SSSR count). The van der Waals surface area contributed by atoms with Crippen LogP contribution in [0.5, 0.6) is 0 Å². The number of hydrogen-bond acceptors (Lipinski definition) is 3. The van der Waals surface area contributed by atoms with Gasteiger partial charge in [-0.25, -0.2) is 0 Å². The summed E-state index contributed by atoms with van der Waals surface area (Å²) in [6.07, 6.45) is 1.40. The Labute approximate surface area is 144 Å². The predicted molar refractivity (Wildman–Crippen MR) is 93.9 cm³/mol. The second kappa shape index (κ2) is 8.29. The van der Waals surface area contributed by atoms with Crippen LogP contribution < -0.4 is 0 Å². The summed E-state index contributed by atoms with van der Waals surface area (Å²) >= 11 is 0. The average molecular weight is 332 g/mol.